The molecule has 1 N–H and O–H groups in total. The van der Waals surface area contributed by atoms with Crippen LogP contribution in [0.2, 0.25) is 0 Å². The topological polar surface area (TPSA) is 12.0 Å². The van der Waals surface area contributed by atoms with Crippen molar-refractivity contribution in [2.75, 3.05) is 7.05 Å². The van der Waals surface area contributed by atoms with Gasteiger partial charge in [0, 0.05) is 6.54 Å². The highest BCUT2D eigenvalue weighted by molar-refractivity contribution is 5.13. The molecule has 0 aliphatic carbocycles. The van der Waals surface area contributed by atoms with E-state index in [0.29, 0.717) is 0 Å². The minimum atomic E-state index is 0. The highest BCUT2D eigenvalue weighted by Gasteiger charge is 1.83. The van der Waals surface area contributed by atoms with Gasteiger partial charge in [-0.3, -0.25) is 0 Å². The first-order valence-electron chi connectivity index (χ1n) is 3.12. The average molecular weight is 157 g/mol. The molecule has 10 heavy (non-hydrogen) atoms. The molecule has 56 valence electrons. The Morgan fingerprint density at radius 2 is 1.80 bits per heavy atom. The van der Waals surface area contributed by atoms with E-state index < -0.39 is 0 Å². The number of hydrogen-bond acceptors (Lipinski definition) is 1. The second-order valence-electron chi connectivity index (χ2n) is 2.02. The Kier molecular flexibility index (Phi) is 4.99. The highest BCUT2D eigenvalue weighted by Crippen LogP contribution is 1.95. The first kappa shape index (κ1) is 9.47. The van der Waals surface area contributed by atoms with E-state index >= 15 is 0 Å². The fourth-order valence-electron chi connectivity index (χ4n) is 0.800. The Labute approximate surface area is 67.9 Å². The third-order valence-electron chi connectivity index (χ3n) is 1.22. The molecule has 1 aromatic carbocycles. The molecule has 0 aromatic heterocycles. The average Bonchev–Trinajstić information content (AvgIpc) is 1.91. The van der Waals surface area contributed by atoms with Crippen LogP contribution in [0.3, 0.4) is 0 Å². The van der Waals surface area contributed by atoms with Gasteiger partial charge in [0.2, 0.25) is 0 Å². The monoisotopic (exact) mass is 156 g/mol. The van der Waals surface area contributed by atoms with Gasteiger partial charge in [-0.2, -0.15) is 0 Å². The lowest BCUT2D eigenvalue weighted by Gasteiger charge is -1.95. The summed E-state index contributed by atoms with van der Waals surface area (Å²) in [6.45, 7) is 0.959. The lowest BCUT2D eigenvalue weighted by Crippen LogP contribution is -3.00. The van der Waals surface area contributed by atoms with Crippen LogP contribution in [0.5, 0.6) is 0 Å². The lowest BCUT2D eigenvalue weighted by atomic mass is 10.2. The first-order chi connectivity index (χ1) is 4.43. The second-order valence-corrected chi connectivity index (χ2v) is 2.02. The Morgan fingerprint density at radius 1 is 1.20 bits per heavy atom. The van der Waals surface area contributed by atoms with Crippen molar-refractivity contribution < 1.29 is 12.4 Å². The number of benzene rings is 1. The molecule has 0 saturated carbocycles. The molecular formula is C8H11ClN-. The predicted molar refractivity (Wildman–Crippen MR) is 39.2 cm³/mol. The molecule has 0 amide bonds. The molecule has 0 unspecified atom stereocenters. The van der Waals surface area contributed by atoms with Crippen molar-refractivity contribution in [3.8, 4) is 0 Å². The van der Waals surface area contributed by atoms with Gasteiger partial charge in [-0.1, -0.05) is 30.3 Å². The van der Waals surface area contributed by atoms with Crippen LogP contribution in [0.25, 0.3) is 0 Å². The largest absolute Gasteiger partial charge is 1.00 e. The molecule has 1 aromatic rings. The van der Waals surface area contributed by atoms with Gasteiger partial charge in [-0.25, -0.2) is 0 Å². The van der Waals surface area contributed by atoms with E-state index in [9.17, 15) is 0 Å². The van der Waals surface area contributed by atoms with Crippen molar-refractivity contribution in [1.82, 2.24) is 5.32 Å². The van der Waals surface area contributed by atoms with Gasteiger partial charge in [-0.15, -0.1) is 0 Å². The molecule has 0 radical (unpaired) electrons. The molecule has 0 fully saturated rings. The maximum atomic E-state index is 3.08. The van der Waals surface area contributed by atoms with E-state index in [2.05, 4.69) is 17.4 Å². The van der Waals surface area contributed by atoms with E-state index in [1.165, 1.54) is 5.56 Å². The van der Waals surface area contributed by atoms with E-state index in [1.54, 1.807) is 0 Å². The lowest BCUT2D eigenvalue weighted by molar-refractivity contribution is -0.00000191. The highest BCUT2D eigenvalue weighted by atomic mass is 35.5. The Morgan fingerprint density at radius 3 is 2.30 bits per heavy atom. The number of rotatable bonds is 2. The molecule has 0 aliphatic rings. The van der Waals surface area contributed by atoms with Gasteiger partial charge in [-0.05, 0) is 12.6 Å². The normalized spacial score (nSPS) is 8.50. The van der Waals surface area contributed by atoms with Crippen molar-refractivity contribution in [3.63, 3.8) is 0 Å². The third-order valence-corrected chi connectivity index (χ3v) is 1.22. The Bertz CT molecular complexity index is 162. The molecule has 0 atom stereocenters. The maximum Gasteiger partial charge on any atom is 0.0202 e. The van der Waals surface area contributed by atoms with Crippen LogP contribution in [0, 0.1) is 0 Å². The summed E-state index contributed by atoms with van der Waals surface area (Å²) < 4.78 is 0. The third kappa shape index (κ3) is 2.85. The molecule has 0 heterocycles. The summed E-state index contributed by atoms with van der Waals surface area (Å²) in [7, 11) is 1.95. The summed E-state index contributed by atoms with van der Waals surface area (Å²) in [5.74, 6) is 0. The fraction of sp³-hybridized carbons (Fsp3) is 0.250. The molecule has 0 saturated heterocycles. The molecule has 0 bridgehead atoms. The SMILES string of the molecule is CNCc1ccccc1.[Cl-]. The van der Waals surface area contributed by atoms with Crippen LogP contribution in [0.15, 0.2) is 30.3 Å². The van der Waals surface area contributed by atoms with Crippen molar-refractivity contribution >= 4 is 0 Å². The summed E-state index contributed by atoms with van der Waals surface area (Å²) in [4.78, 5) is 0. The van der Waals surface area contributed by atoms with Crippen LogP contribution in [0.1, 0.15) is 5.56 Å². The summed E-state index contributed by atoms with van der Waals surface area (Å²) in [5, 5.41) is 3.08. The minimum absolute atomic E-state index is 0. The zero-order chi connectivity index (χ0) is 6.53. The van der Waals surface area contributed by atoms with Crippen molar-refractivity contribution in [1.29, 1.82) is 0 Å². The summed E-state index contributed by atoms with van der Waals surface area (Å²) >= 11 is 0. The molecular weight excluding hydrogens is 146 g/mol. The fourth-order valence-corrected chi connectivity index (χ4v) is 0.800. The molecule has 0 aliphatic heterocycles. The van der Waals surface area contributed by atoms with E-state index in [4.69, 9.17) is 0 Å². The van der Waals surface area contributed by atoms with E-state index in [-0.39, 0.29) is 12.4 Å². The summed E-state index contributed by atoms with van der Waals surface area (Å²) in [6.07, 6.45) is 0. The molecule has 0 spiro atoms. The van der Waals surface area contributed by atoms with Gasteiger partial charge in [0.05, 0.1) is 0 Å². The van der Waals surface area contributed by atoms with Crippen molar-refractivity contribution in [2.24, 2.45) is 0 Å². The molecule has 1 rings (SSSR count). The van der Waals surface area contributed by atoms with Crippen LogP contribution in [-0.4, -0.2) is 7.05 Å². The quantitative estimate of drug-likeness (QED) is 0.545. The van der Waals surface area contributed by atoms with Crippen molar-refractivity contribution in [2.45, 2.75) is 6.54 Å². The maximum absolute atomic E-state index is 3.08. The Balaban J connectivity index is 0.000000810. The zero-order valence-electron chi connectivity index (χ0n) is 5.97. The summed E-state index contributed by atoms with van der Waals surface area (Å²) in [5.41, 5.74) is 1.33. The number of hydrogen-bond donors (Lipinski definition) is 1. The van der Waals surface area contributed by atoms with Crippen molar-refractivity contribution in [3.05, 3.63) is 35.9 Å². The minimum Gasteiger partial charge on any atom is -1.00 e. The van der Waals surface area contributed by atoms with E-state index in [1.807, 2.05) is 25.2 Å². The van der Waals surface area contributed by atoms with Gasteiger partial charge in [0.25, 0.3) is 0 Å². The van der Waals surface area contributed by atoms with Crippen LogP contribution in [-0.2, 0) is 6.54 Å². The summed E-state index contributed by atoms with van der Waals surface area (Å²) in [6, 6.07) is 10.3. The standard InChI is InChI=1S/C8H11N.ClH/c1-9-7-8-5-3-2-4-6-8;/h2-6,9H,7H2,1H3;1H/p-1. The van der Waals surface area contributed by atoms with Gasteiger partial charge >= 0.3 is 0 Å². The van der Waals surface area contributed by atoms with Crippen LogP contribution >= 0.6 is 0 Å². The van der Waals surface area contributed by atoms with Crippen LogP contribution < -0.4 is 17.7 Å². The molecule has 2 heteroatoms. The van der Waals surface area contributed by atoms with Crippen LogP contribution in [0.4, 0.5) is 0 Å². The zero-order valence-corrected chi connectivity index (χ0v) is 6.73. The Hall–Kier alpha value is -0.530. The number of halogens is 1. The van der Waals surface area contributed by atoms with E-state index in [0.717, 1.165) is 6.54 Å². The second kappa shape index (κ2) is 5.27. The van der Waals surface area contributed by atoms with Gasteiger partial charge in [0.1, 0.15) is 0 Å². The van der Waals surface area contributed by atoms with Gasteiger partial charge < -0.3 is 17.7 Å². The molecule has 1 nitrogen and oxygen atoms in total. The first-order valence-corrected chi connectivity index (χ1v) is 3.12. The smallest absolute Gasteiger partial charge is 0.0202 e. The predicted octanol–water partition coefficient (Wildman–Crippen LogP) is -1.59. The number of nitrogens with one attached hydrogen (secondary N) is 1. The van der Waals surface area contributed by atoms with Gasteiger partial charge in [0.15, 0.2) is 0 Å².